The molecule has 1 aromatic heterocycles. The minimum absolute atomic E-state index is 0.209. The van der Waals surface area contributed by atoms with E-state index in [9.17, 15) is 8.78 Å². The molecule has 0 amide bonds. The first kappa shape index (κ1) is 10.8. The zero-order valence-electron chi connectivity index (χ0n) is 8.54. The van der Waals surface area contributed by atoms with Crippen LogP contribution in [0.5, 0.6) is 5.75 Å². The van der Waals surface area contributed by atoms with E-state index < -0.39 is 17.4 Å². The Labute approximate surface area is 90.6 Å². The van der Waals surface area contributed by atoms with Crippen molar-refractivity contribution in [3.8, 4) is 5.75 Å². The molecule has 0 fully saturated rings. The lowest BCUT2D eigenvalue weighted by Gasteiger charge is -2.08. The molecule has 0 saturated carbocycles. The second-order valence-corrected chi connectivity index (χ2v) is 3.12. The maximum absolute atomic E-state index is 13.8. The van der Waals surface area contributed by atoms with Crippen LogP contribution in [0.15, 0.2) is 24.4 Å². The molecule has 0 bridgehead atoms. The summed E-state index contributed by atoms with van der Waals surface area (Å²) >= 11 is 0. The van der Waals surface area contributed by atoms with E-state index in [1.165, 1.54) is 19.4 Å². The van der Waals surface area contributed by atoms with Gasteiger partial charge in [0.25, 0.3) is 0 Å². The van der Waals surface area contributed by atoms with E-state index in [1.807, 2.05) is 0 Å². The molecule has 1 aromatic carbocycles. The van der Waals surface area contributed by atoms with Crippen molar-refractivity contribution in [1.29, 1.82) is 0 Å². The van der Waals surface area contributed by atoms with Gasteiger partial charge in [0.15, 0.2) is 24.2 Å². The Morgan fingerprint density at radius 3 is 2.94 bits per heavy atom. The fraction of sp³-hybridized carbons (Fsp3) is 0.182. The molecule has 0 unspecified atom stereocenters. The lowest BCUT2D eigenvalue weighted by atomic mass is 10.2. The Hall–Kier alpha value is -1.75. The van der Waals surface area contributed by atoms with Gasteiger partial charge in [-0.25, -0.2) is 8.78 Å². The Balaban J connectivity index is 2.56. The molecule has 5 heteroatoms. The van der Waals surface area contributed by atoms with E-state index in [4.69, 9.17) is 4.74 Å². The molecule has 3 nitrogen and oxygen atoms in total. The van der Waals surface area contributed by atoms with E-state index in [-0.39, 0.29) is 17.7 Å². The van der Waals surface area contributed by atoms with Gasteiger partial charge in [0.2, 0.25) is 0 Å². The normalized spacial score (nSPS) is 10.7. The van der Waals surface area contributed by atoms with Crippen LogP contribution < -0.4 is 4.74 Å². The molecule has 2 aromatic rings. The van der Waals surface area contributed by atoms with Crippen molar-refractivity contribution in [2.45, 2.75) is 0 Å². The Morgan fingerprint density at radius 1 is 1.38 bits per heavy atom. The van der Waals surface area contributed by atoms with E-state index in [2.05, 4.69) is 9.72 Å². The lowest BCUT2D eigenvalue weighted by Crippen LogP contribution is -2.03. The molecule has 0 radical (unpaired) electrons. The molecule has 84 valence electrons. The van der Waals surface area contributed by atoms with Gasteiger partial charge in [-0.3, -0.25) is 4.98 Å². The number of rotatable bonds is 3. The Morgan fingerprint density at radius 2 is 2.19 bits per heavy atom. The van der Waals surface area contributed by atoms with Gasteiger partial charge in [-0.2, -0.15) is 0 Å². The van der Waals surface area contributed by atoms with Crippen molar-refractivity contribution >= 4 is 10.9 Å². The van der Waals surface area contributed by atoms with Gasteiger partial charge in [-0.15, -0.1) is 0 Å². The highest BCUT2D eigenvalue weighted by Gasteiger charge is 2.15. The standard InChI is InChI=1S/C11H9F2NO2/c1-15-6-16-11-8(12)5-9-7(10(11)13)3-2-4-14-9/h2-5H,6H2,1H3. The van der Waals surface area contributed by atoms with Crippen LogP contribution in [-0.4, -0.2) is 18.9 Å². The van der Waals surface area contributed by atoms with Crippen LogP contribution in [0, 0.1) is 11.6 Å². The van der Waals surface area contributed by atoms with Gasteiger partial charge in [0, 0.05) is 24.8 Å². The van der Waals surface area contributed by atoms with Crippen LogP contribution in [0.1, 0.15) is 0 Å². The van der Waals surface area contributed by atoms with Crippen LogP contribution in [0.4, 0.5) is 8.78 Å². The van der Waals surface area contributed by atoms with E-state index >= 15 is 0 Å². The van der Waals surface area contributed by atoms with Crippen molar-refractivity contribution < 1.29 is 18.3 Å². The molecule has 16 heavy (non-hydrogen) atoms. The summed E-state index contributed by atoms with van der Waals surface area (Å²) in [7, 11) is 1.37. The number of pyridine rings is 1. The monoisotopic (exact) mass is 225 g/mol. The fourth-order valence-electron chi connectivity index (χ4n) is 1.38. The summed E-state index contributed by atoms with van der Waals surface area (Å²) in [5.41, 5.74) is 0.252. The van der Waals surface area contributed by atoms with Gasteiger partial charge in [0.05, 0.1) is 5.52 Å². The molecule has 0 saturated heterocycles. The summed E-state index contributed by atoms with van der Waals surface area (Å²) in [6.07, 6.45) is 1.47. The highest BCUT2D eigenvalue weighted by atomic mass is 19.1. The quantitative estimate of drug-likeness (QED) is 0.752. The third kappa shape index (κ3) is 1.81. The third-order valence-corrected chi connectivity index (χ3v) is 2.08. The highest BCUT2D eigenvalue weighted by molar-refractivity contribution is 5.80. The summed E-state index contributed by atoms with van der Waals surface area (Å²) in [5, 5.41) is 0.218. The maximum Gasteiger partial charge on any atom is 0.194 e. The largest absolute Gasteiger partial charge is 0.461 e. The van der Waals surface area contributed by atoms with Gasteiger partial charge >= 0.3 is 0 Å². The summed E-state index contributed by atoms with van der Waals surface area (Å²) in [6.45, 7) is -0.209. The van der Waals surface area contributed by atoms with Gasteiger partial charge < -0.3 is 9.47 Å². The Kier molecular flexibility index (Phi) is 2.96. The third-order valence-electron chi connectivity index (χ3n) is 2.08. The molecule has 0 spiro atoms. The maximum atomic E-state index is 13.8. The molecule has 2 rings (SSSR count). The van der Waals surface area contributed by atoms with Crippen LogP contribution in [0.3, 0.4) is 0 Å². The molecule has 1 heterocycles. The molecule has 0 atom stereocenters. The lowest BCUT2D eigenvalue weighted by molar-refractivity contribution is 0.0455. The van der Waals surface area contributed by atoms with Crippen LogP contribution >= 0.6 is 0 Å². The zero-order chi connectivity index (χ0) is 11.5. The van der Waals surface area contributed by atoms with Crippen molar-refractivity contribution in [3.63, 3.8) is 0 Å². The minimum Gasteiger partial charge on any atom is -0.461 e. The first-order chi connectivity index (χ1) is 7.74. The summed E-state index contributed by atoms with van der Waals surface area (Å²) < 4.78 is 36.7. The van der Waals surface area contributed by atoms with E-state index in [0.717, 1.165) is 6.07 Å². The summed E-state index contributed by atoms with van der Waals surface area (Å²) in [4.78, 5) is 3.86. The number of aromatic nitrogens is 1. The number of hydrogen-bond acceptors (Lipinski definition) is 3. The zero-order valence-corrected chi connectivity index (χ0v) is 8.54. The SMILES string of the molecule is COCOc1c(F)cc2ncccc2c1F. The van der Waals surface area contributed by atoms with Crippen LogP contribution in [-0.2, 0) is 4.74 Å². The molecule has 0 N–H and O–H groups in total. The minimum atomic E-state index is -0.791. The van der Waals surface area contributed by atoms with Crippen molar-refractivity contribution in [2.75, 3.05) is 13.9 Å². The first-order valence-electron chi connectivity index (χ1n) is 4.58. The van der Waals surface area contributed by atoms with Crippen LogP contribution in [0.25, 0.3) is 10.9 Å². The first-order valence-corrected chi connectivity index (χ1v) is 4.58. The van der Waals surface area contributed by atoms with Gasteiger partial charge in [0.1, 0.15) is 0 Å². The molecule has 0 aliphatic heterocycles. The number of methoxy groups -OCH3 is 1. The fourth-order valence-corrected chi connectivity index (χ4v) is 1.38. The number of halogens is 2. The number of ether oxygens (including phenoxy) is 2. The highest BCUT2D eigenvalue weighted by Crippen LogP contribution is 2.28. The molecule has 0 aliphatic carbocycles. The number of nitrogens with zero attached hydrogens (tertiary/aromatic N) is 1. The van der Waals surface area contributed by atoms with E-state index in [1.54, 1.807) is 6.07 Å². The topological polar surface area (TPSA) is 31.4 Å². The van der Waals surface area contributed by atoms with Crippen LogP contribution in [0.2, 0.25) is 0 Å². The summed E-state index contributed by atoms with van der Waals surface area (Å²) in [5.74, 6) is -2.00. The summed E-state index contributed by atoms with van der Waals surface area (Å²) in [6, 6.07) is 4.21. The number of fused-ring (bicyclic) bond motifs is 1. The van der Waals surface area contributed by atoms with Crippen molar-refractivity contribution in [3.05, 3.63) is 36.0 Å². The smallest absolute Gasteiger partial charge is 0.194 e. The second kappa shape index (κ2) is 4.40. The second-order valence-electron chi connectivity index (χ2n) is 3.12. The van der Waals surface area contributed by atoms with Gasteiger partial charge in [-0.1, -0.05) is 0 Å². The predicted molar refractivity (Wildman–Crippen MR) is 54.2 cm³/mol. The number of benzene rings is 1. The molecular formula is C11H9F2NO2. The van der Waals surface area contributed by atoms with Crippen molar-refractivity contribution in [2.24, 2.45) is 0 Å². The number of hydrogen-bond donors (Lipinski definition) is 0. The Bertz CT molecular complexity index is 517. The van der Waals surface area contributed by atoms with Crippen molar-refractivity contribution in [1.82, 2.24) is 4.98 Å². The molecular weight excluding hydrogens is 216 g/mol. The average Bonchev–Trinajstić information content (AvgIpc) is 2.29. The predicted octanol–water partition coefficient (Wildman–Crippen LogP) is 2.50. The average molecular weight is 225 g/mol. The van der Waals surface area contributed by atoms with Gasteiger partial charge in [-0.05, 0) is 12.1 Å². The molecule has 0 aliphatic rings. The van der Waals surface area contributed by atoms with E-state index in [0.29, 0.717) is 0 Å².